The van der Waals surface area contributed by atoms with E-state index in [0.29, 0.717) is 25.6 Å². The molecule has 2 N–H and O–H groups in total. The minimum absolute atomic E-state index is 0.0208. The number of nitriles is 1. The minimum atomic E-state index is -0.651. The van der Waals surface area contributed by atoms with Gasteiger partial charge in [0.2, 0.25) is 0 Å². The van der Waals surface area contributed by atoms with Gasteiger partial charge in [0.05, 0.1) is 24.2 Å². The van der Waals surface area contributed by atoms with Crippen LogP contribution >= 0.6 is 0 Å². The first-order valence-electron chi connectivity index (χ1n) is 5.02. The van der Waals surface area contributed by atoms with E-state index in [2.05, 4.69) is 6.07 Å². The van der Waals surface area contributed by atoms with Crippen LogP contribution in [0.5, 0.6) is 0 Å². The molecule has 4 heteroatoms. The van der Waals surface area contributed by atoms with E-state index >= 15 is 0 Å². The zero-order valence-corrected chi connectivity index (χ0v) is 8.72. The van der Waals surface area contributed by atoms with Crippen LogP contribution in [0.25, 0.3) is 0 Å². The quantitative estimate of drug-likeness (QED) is 0.660. The maximum absolute atomic E-state index is 9.32. The van der Waals surface area contributed by atoms with Crippen LogP contribution in [0.2, 0.25) is 0 Å². The van der Waals surface area contributed by atoms with E-state index < -0.39 is 12.2 Å². The van der Waals surface area contributed by atoms with Gasteiger partial charge in [0.15, 0.2) is 0 Å². The molecular formula is C10H18N2O2. The number of likely N-dealkylation sites (tertiary alicyclic amines) is 1. The third-order valence-electron chi connectivity index (χ3n) is 2.76. The van der Waals surface area contributed by atoms with Crippen molar-refractivity contribution < 1.29 is 10.2 Å². The van der Waals surface area contributed by atoms with Crippen LogP contribution in [0.1, 0.15) is 13.8 Å². The molecule has 4 nitrogen and oxygen atoms in total. The molecule has 14 heavy (non-hydrogen) atoms. The molecule has 80 valence electrons. The molecule has 0 radical (unpaired) electrons. The number of β-amino-alcohol motifs (C(OH)–C–C–N with tert-alkyl or cyclic N) is 2. The molecule has 1 unspecified atom stereocenters. The van der Waals surface area contributed by atoms with Gasteiger partial charge in [-0.15, -0.1) is 0 Å². The zero-order chi connectivity index (χ0) is 10.7. The van der Waals surface area contributed by atoms with E-state index in [1.807, 2.05) is 18.7 Å². The third-order valence-corrected chi connectivity index (χ3v) is 2.76. The number of aliphatic hydroxyl groups excluding tert-OH is 2. The molecule has 0 aromatic rings. The van der Waals surface area contributed by atoms with Crippen molar-refractivity contribution in [3.8, 4) is 6.07 Å². The Balaban J connectivity index is 2.42. The fourth-order valence-electron chi connectivity index (χ4n) is 1.67. The van der Waals surface area contributed by atoms with Crippen molar-refractivity contribution in [2.24, 2.45) is 11.8 Å². The van der Waals surface area contributed by atoms with E-state index in [9.17, 15) is 10.2 Å². The average Bonchev–Trinajstić information content (AvgIpc) is 2.41. The average molecular weight is 198 g/mol. The maximum Gasteiger partial charge on any atom is 0.0938 e. The number of aliphatic hydroxyl groups is 2. The molecule has 0 aromatic carbocycles. The summed E-state index contributed by atoms with van der Waals surface area (Å²) < 4.78 is 0. The summed E-state index contributed by atoms with van der Waals surface area (Å²) in [4.78, 5) is 1.95. The Bertz CT molecular complexity index is 215. The summed E-state index contributed by atoms with van der Waals surface area (Å²) in [6.07, 6.45) is -1.30. The molecule has 1 fully saturated rings. The molecule has 1 aliphatic rings. The second-order valence-electron chi connectivity index (χ2n) is 4.33. The Morgan fingerprint density at radius 1 is 1.36 bits per heavy atom. The highest BCUT2D eigenvalue weighted by Crippen LogP contribution is 2.16. The molecule has 0 spiro atoms. The Morgan fingerprint density at radius 3 is 2.21 bits per heavy atom. The lowest BCUT2D eigenvalue weighted by Crippen LogP contribution is -2.30. The van der Waals surface area contributed by atoms with E-state index in [4.69, 9.17) is 5.26 Å². The van der Waals surface area contributed by atoms with Crippen LogP contribution in [0.15, 0.2) is 0 Å². The van der Waals surface area contributed by atoms with Gasteiger partial charge >= 0.3 is 0 Å². The summed E-state index contributed by atoms with van der Waals surface area (Å²) in [6.45, 7) is 5.62. The summed E-state index contributed by atoms with van der Waals surface area (Å²) in [5, 5.41) is 27.5. The Labute approximate surface area is 84.8 Å². The summed E-state index contributed by atoms with van der Waals surface area (Å²) in [7, 11) is 0. The van der Waals surface area contributed by atoms with Crippen molar-refractivity contribution in [1.29, 1.82) is 5.26 Å². The highest BCUT2D eigenvalue weighted by molar-refractivity contribution is 4.91. The van der Waals surface area contributed by atoms with Gasteiger partial charge in [-0.1, -0.05) is 13.8 Å². The number of rotatable bonds is 3. The van der Waals surface area contributed by atoms with E-state index in [0.717, 1.165) is 0 Å². The number of nitrogens with zero attached hydrogens (tertiary/aromatic N) is 2. The van der Waals surface area contributed by atoms with Gasteiger partial charge in [0.25, 0.3) is 0 Å². The summed E-state index contributed by atoms with van der Waals surface area (Å²) in [6, 6.07) is 2.25. The number of hydrogen-bond acceptors (Lipinski definition) is 4. The van der Waals surface area contributed by atoms with Gasteiger partial charge in [-0.25, -0.2) is 0 Å². The molecule has 3 atom stereocenters. The second-order valence-corrected chi connectivity index (χ2v) is 4.33. The van der Waals surface area contributed by atoms with Crippen molar-refractivity contribution in [1.82, 2.24) is 4.90 Å². The molecule has 0 amide bonds. The maximum atomic E-state index is 9.32. The van der Waals surface area contributed by atoms with Gasteiger partial charge in [0, 0.05) is 19.6 Å². The third kappa shape index (κ3) is 2.68. The Morgan fingerprint density at radius 2 is 1.86 bits per heavy atom. The lowest BCUT2D eigenvalue weighted by Gasteiger charge is -2.20. The van der Waals surface area contributed by atoms with Crippen LogP contribution in [-0.2, 0) is 0 Å². The monoisotopic (exact) mass is 198 g/mol. The van der Waals surface area contributed by atoms with Crippen LogP contribution in [0.4, 0.5) is 0 Å². The first kappa shape index (κ1) is 11.4. The molecule has 1 aliphatic heterocycles. The van der Waals surface area contributed by atoms with Crippen LogP contribution in [0.3, 0.4) is 0 Å². The van der Waals surface area contributed by atoms with Crippen molar-refractivity contribution in [3.05, 3.63) is 0 Å². The molecule has 1 heterocycles. The largest absolute Gasteiger partial charge is 0.389 e. The summed E-state index contributed by atoms with van der Waals surface area (Å²) in [5.74, 6) is 0.294. The molecule has 0 aliphatic carbocycles. The van der Waals surface area contributed by atoms with Gasteiger partial charge in [-0.05, 0) is 5.92 Å². The molecular weight excluding hydrogens is 180 g/mol. The van der Waals surface area contributed by atoms with Gasteiger partial charge in [0.1, 0.15) is 0 Å². The summed E-state index contributed by atoms with van der Waals surface area (Å²) in [5.41, 5.74) is 0. The highest BCUT2D eigenvalue weighted by Gasteiger charge is 2.31. The lowest BCUT2D eigenvalue weighted by atomic mass is 9.97. The van der Waals surface area contributed by atoms with Crippen molar-refractivity contribution in [3.63, 3.8) is 0 Å². The van der Waals surface area contributed by atoms with Crippen LogP contribution in [-0.4, -0.2) is 47.0 Å². The van der Waals surface area contributed by atoms with Gasteiger partial charge in [-0.3, -0.25) is 4.90 Å². The predicted molar refractivity (Wildman–Crippen MR) is 52.4 cm³/mol. The molecule has 0 saturated carbocycles. The highest BCUT2D eigenvalue weighted by atomic mass is 16.3. The van der Waals surface area contributed by atoms with Crippen LogP contribution in [0, 0.1) is 23.2 Å². The van der Waals surface area contributed by atoms with E-state index in [1.54, 1.807) is 0 Å². The zero-order valence-electron chi connectivity index (χ0n) is 8.72. The standard InChI is InChI=1S/C10H18N2O2/c1-7(2)8(3-11)4-12-5-9(13)10(14)6-12/h7-10,13-14H,4-6H2,1-2H3/t8?,9-,10+. The fraction of sp³-hybridized carbons (Fsp3) is 0.900. The first-order valence-corrected chi connectivity index (χ1v) is 5.02. The molecule has 0 aromatic heterocycles. The first-order chi connectivity index (χ1) is 6.54. The van der Waals surface area contributed by atoms with Gasteiger partial charge < -0.3 is 10.2 Å². The van der Waals surface area contributed by atoms with Crippen molar-refractivity contribution >= 4 is 0 Å². The van der Waals surface area contributed by atoms with Crippen molar-refractivity contribution in [2.75, 3.05) is 19.6 Å². The van der Waals surface area contributed by atoms with Crippen molar-refractivity contribution in [2.45, 2.75) is 26.1 Å². The SMILES string of the molecule is CC(C)C(C#N)CN1C[C@@H](O)[C@@H](O)C1. The normalized spacial score (nSPS) is 30.6. The Kier molecular flexibility index (Phi) is 3.87. The topological polar surface area (TPSA) is 67.5 Å². The molecule has 0 bridgehead atoms. The van der Waals surface area contributed by atoms with E-state index in [1.165, 1.54) is 0 Å². The smallest absolute Gasteiger partial charge is 0.0938 e. The van der Waals surface area contributed by atoms with Crippen LogP contribution < -0.4 is 0 Å². The molecule has 1 saturated heterocycles. The second kappa shape index (κ2) is 4.74. The molecule has 1 rings (SSSR count). The minimum Gasteiger partial charge on any atom is -0.389 e. The number of hydrogen-bond donors (Lipinski definition) is 2. The Hall–Kier alpha value is -0.630. The predicted octanol–water partition coefficient (Wildman–Crippen LogP) is -0.180. The summed E-state index contributed by atoms with van der Waals surface area (Å²) >= 11 is 0. The lowest BCUT2D eigenvalue weighted by molar-refractivity contribution is 0.0572. The fourth-order valence-corrected chi connectivity index (χ4v) is 1.67. The van der Waals surface area contributed by atoms with E-state index in [-0.39, 0.29) is 5.92 Å². The van der Waals surface area contributed by atoms with Gasteiger partial charge in [-0.2, -0.15) is 5.26 Å².